The van der Waals surface area contributed by atoms with Crippen molar-refractivity contribution in [3.8, 4) is 0 Å². The van der Waals surface area contributed by atoms with Gasteiger partial charge in [-0.1, -0.05) is 39.5 Å². The van der Waals surface area contributed by atoms with Crippen molar-refractivity contribution >= 4 is 17.3 Å². The lowest BCUT2D eigenvalue weighted by atomic mass is 9.71. The highest BCUT2D eigenvalue weighted by atomic mass is 16.2. The van der Waals surface area contributed by atoms with E-state index in [0.717, 1.165) is 32.1 Å². The van der Waals surface area contributed by atoms with Crippen LogP contribution in [0.4, 0.5) is 0 Å². The second kappa shape index (κ2) is 8.17. The van der Waals surface area contributed by atoms with E-state index in [2.05, 4.69) is 6.92 Å². The Morgan fingerprint density at radius 2 is 1.33 bits per heavy atom. The first-order valence-corrected chi connectivity index (χ1v) is 6.98. The average molecular weight is 254 g/mol. The molecule has 0 fully saturated rings. The summed E-state index contributed by atoms with van der Waals surface area (Å²) in [5, 5.41) is 0. The van der Waals surface area contributed by atoms with Gasteiger partial charge in [-0.05, 0) is 26.7 Å². The SMILES string of the molecule is CCCCCC(=O)C(CCCC)(C(C)=O)C(C)=O. The van der Waals surface area contributed by atoms with Crippen LogP contribution < -0.4 is 0 Å². The van der Waals surface area contributed by atoms with Gasteiger partial charge >= 0.3 is 0 Å². The van der Waals surface area contributed by atoms with Crippen LogP contribution in [-0.4, -0.2) is 17.3 Å². The minimum atomic E-state index is -1.36. The second-order valence-electron chi connectivity index (χ2n) is 5.00. The summed E-state index contributed by atoms with van der Waals surface area (Å²) < 4.78 is 0. The molecule has 0 atom stereocenters. The lowest BCUT2D eigenvalue weighted by Gasteiger charge is -2.27. The molecule has 3 heteroatoms. The van der Waals surface area contributed by atoms with Crippen LogP contribution in [0.3, 0.4) is 0 Å². The van der Waals surface area contributed by atoms with E-state index >= 15 is 0 Å². The van der Waals surface area contributed by atoms with Gasteiger partial charge in [0.2, 0.25) is 0 Å². The summed E-state index contributed by atoms with van der Waals surface area (Å²) in [5.74, 6) is -0.751. The molecule has 0 spiro atoms. The van der Waals surface area contributed by atoms with Crippen LogP contribution in [0.15, 0.2) is 0 Å². The van der Waals surface area contributed by atoms with Crippen molar-refractivity contribution in [2.75, 3.05) is 0 Å². The Hall–Kier alpha value is -0.990. The molecule has 18 heavy (non-hydrogen) atoms. The van der Waals surface area contributed by atoms with Gasteiger partial charge in [0, 0.05) is 6.42 Å². The van der Waals surface area contributed by atoms with Gasteiger partial charge in [0.25, 0.3) is 0 Å². The number of unbranched alkanes of at least 4 members (excludes halogenated alkanes) is 3. The standard InChI is InChI=1S/C15H26O3/c1-5-7-9-10-14(18)15(12(3)16,13(4)17)11-8-6-2/h5-11H2,1-4H3. The van der Waals surface area contributed by atoms with Gasteiger partial charge in [0.1, 0.15) is 5.41 Å². The molecule has 0 rings (SSSR count). The Kier molecular flexibility index (Phi) is 7.72. The minimum Gasteiger partial charge on any atom is -0.298 e. The third kappa shape index (κ3) is 4.04. The molecule has 0 aliphatic heterocycles. The lowest BCUT2D eigenvalue weighted by Crippen LogP contribution is -2.44. The molecule has 0 radical (unpaired) electrons. The van der Waals surface area contributed by atoms with Gasteiger partial charge in [-0.3, -0.25) is 14.4 Å². The van der Waals surface area contributed by atoms with E-state index in [1.54, 1.807) is 0 Å². The normalized spacial score (nSPS) is 11.3. The molecule has 0 amide bonds. The fourth-order valence-corrected chi connectivity index (χ4v) is 2.32. The van der Waals surface area contributed by atoms with Crippen molar-refractivity contribution in [3.63, 3.8) is 0 Å². The number of hydrogen-bond donors (Lipinski definition) is 0. The number of ketones is 3. The van der Waals surface area contributed by atoms with Crippen molar-refractivity contribution < 1.29 is 14.4 Å². The summed E-state index contributed by atoms with van der Waals surface area (Å²) >= 11 is 0. The second-order valence-corrected chi connectivity index (χ2v) is 5.00. The quantitative estimate of drug-likeness (QED) is 0.443. The van der Waals surface area contributed by atoms with Crippen LogP contribution in [0.25, 0.3) is 0 Å². The van der Waals surface area contributed by atoms with Gasteiger partial charge in [0.05, 0.1) is 0 Å². The number of carbonyl (C=O) groups excluding carboxylic acids is 3. The third-order valence-corrected chi connectivity index (χ3v) is 3.59. The molecular formula is C15H26O3. The zero-order valence-electron chi connectivity index (χ0n) is 12.2. The molecule has 0 N–H and O–H groups in total. The van der Waals surface area contributed by atoms with Crippen LogP contribution in [0.5, 0.6) is 0 Å². The zero-order valence-corrected chi connectivity index (χ0v) is 12.2. The molecule has 0 saturated heterocycles. The van der Waals surface area contributed by atoms with Gasteiger partial charge in [-0.25, -0.2) is 0 Å². The molecule has 0 saturated carbocycles. The van der Waals surface area contributed by atoms with Crippen LogP contribution in [0.2, 0.25) is 0 Å². The predicted molar refractivity (Wildman–Crippen MR) is 72.5 cm³/mol. The monoisotopic (exact) mass is 254 g/mol. The first-order chi connectivity index (χ1) is 8.43. The van der Waals surface area contributed by atoms with Crippen LogP contribution in [0.1, 0.15) is 72.6 Å². The largest absolute Gasteiger partial charge is 0.298 e. The molecule has 0 aliphatic carbocycles. The van der Waals surface area contributed by atoms with Gasteiger partial charge in [-0.15, -0.1) is 0 Å². The lowest BCUT2D eigenvalue weighted by molar-refractivity contribution is -0.148. The Bertz CT molecular complexity index is 291. The topological polar surface area (TPSA) is 51.2 Å². The first-order valence-electron chi connectivity index (χ1n) is 6.98. The average Bonchev–Trinajstić information content (AvgIpc) is 2.29. The van der Waals surface area contributed by atoms with Crippen LogP contribution >= 0.6 is 0 Å². The third-order valence-electron chi connectivity index (χ3n) is 3.59. The summed E-state index contributed by atoms with van der Waals surface area (Å²) in [7, 11) is 0. The molecule has 0 heterocycles. The van der Waals surface area contributed by atoms with E-state index < -0.39 is 5.41 Å². The van der Waals surface area contributed by atoms with Gasteiger partial charge < -0.3 is 0 Å². The smallest absolute Gasteiger partial charge is 0.153 e. The van der Waals surface area contributed by atoms with E-state index in [0.29, 0.717) is 12.8 Å². The zero-order chi connectivity index (χ0) is 14.2. The van der Waals surface area contributed by atoms with Crippen molar-refractivity contribution in [2.24, 2.45) is 5.41 Å². The highest BCUT2D eigenvalue weighted by Gasteiger charge is 2.45. The predicted octanol–water partition coefficient (Wildman–Crippen LogP) is 3.49. The summed E-state index contributed by atoms with van der Waals surface area (Å²) in [6.45, 7) is 6.79. The molecular weight excluding hydrogens is 228 g/mol. The summed E-state index contributed by atoms with van der Waals surface area (Å²) in [5.41, 5.74) is -1.36. The van der Waals surface area contributed by atoms with E-state index in [-0.39, 0.29) is 17.3 Å². The molecule has 0 bridgehead atoms. The van der Waals surface area contributed by atoms with Crippen molar-refractivity contribution in [3.05, 3.63) is 0 Å². The van der Waals surface area contributed by atoms with E-state index in [1.807, 2.05) is 6.92 Å². The Morgan fingerprint density at radius 1 is 0.833 bits per heavy atom. The van der Waals surface area contributed by atoms with Crippen LogP contribution in [0, 0.1) is 5.41 Å². The molecule has 0 aliphatic rings. The van der Waals surface area contributed by atoms with Crippen LogP contribution in [-0.2, 0) is 14.4 Å². The maximum atomic E-state index is 12.3. The minimum absolute atomic E-state index is 0.176. The van der Waals surface area contributed by atoms with Crippen molar-refractivity contribution in [2.45, 2.75) is 72.6 Å². The Labute approximate surface area is 110 Å². The number of Topliss-reactive ketones (excluding diaryl/α,β-unsaturated/α-hetero) is 3. The highest BCUT2D eigenvalue weighted by molar-refractivity contribution is 6.23. The van der Waals surface area contributed by atoms with Crippen molar-refractivity contribution in [1.29, 1.82) is 0 Å². The van der Waals surface area contributed by atoms with E-state index in [9.17, 15) is 14.4 Å². The summed E-state index contributed by atoms with van der Waals surface area (Å²) in [6.07, 6.45) is 5.09. The summed E-state index contributed by atoms with van der Waals surface area (Å²) in [4.78, 5) is 36.0. The molecule has 0 aromatic heterocycles. The Morgan fingerprint density at radius 3 is 1.72 bits per heavy atom. The Balaban J connectivity index is 4.98. The highest BCUT2D eigenvalue weighted by Crippen LogP contribution is 2.31. The molecule has 0 aromatic rings. The molecule has 0 aromatic carbocycles. The van der Waals surface area contributed by atoms with Crippen molar-refractivity contribution in [1.82, 2.24) is 0 Å². The van der Waals surface area contributed by atoms with E-state index in [1.165, 1.54) is 13.8 Å². The maximum absolute atomic E-state index is 12.3. The molecule has 0 unspecified atom stereocenters. The van der Waals surface area contributed by atoms with E-state index in [4.69, 9.17) is 0 Å². The van der Waals surface area contributed by atoms with Gasteiger partial charge in [-0.2, -0.15) is 0 Å². The fourth-order valence-electron chi connectivity index (χ4n) is 2.32. The molecule has 3 nitrogen and oxygen atoms in total. The summed E-state index contributed by atoms with van der Waals surface area (Å²) in [6, 6.07) is 0. The number of carbonyl (C=O) groups is 3. The maximum Gasteiger partial charge on any atom is 0.153 e. The first kappa shape index (κ1) is 17.0. The number of rotatable bonds is 10. The van der Waals surface area contributed by atoms with Gasteiger partial charge in [0.15, 0.2) is 17.3 Å². The number of hydrogen-bond acceptors (Lipinski definition) is 3. The molecule has 104 valence electrons. The fraction of sp³-hybridized carbons (Fsp3) is 0.800.